The van der Waals surface area contributed by atoms with Crippen LogP contribution in [0.5, 0.6) is 0 Å². The van der Waals surface area contributed by atoms with Crippen molar-refractivity contribution in [1.29, 1.82) is 0 Å². The first-order valence-corrected chi connectivity index (χ1v) is 9.87. The van der Waals surface area contributed by atoms with Crippen molar-refractivity contribution in [3.8, 4) is 0 Å². The highest BCUT2D eigenvalue weighted by molar-refractivity contribution is 9.10. The molecule has 1 atom stereocenters. The van der Waals surface area contributed by atoms with E-state index in [0.717, 1.165) is 22.8 Å². The number of rotatable bonds is 7. The summed E-state index contributed by atoms with van der Waals surface area (Å²) in [6, 6.07) is 9.10. The molecule has 1 saturated carbocycles. The summed E-state index contributed by atoms with van der Waals surface area (Å²) in [5.41, 5.74) is 0. The molecule has 1 amide bonds. The zero-order valence-electron chi connectivity index (χ0n) is 12.8. The highest BCUT2D eigenvalue weighted by atomic mass is 79.9. The molecule has 22 heavy (non-hydrogen) atoms. The second kappa shape index (κ2) is 7.84. The van der Waals surface area contributed by atoms with Gasteiger partial charge >= 0.3 is 0 Å². The number of likely N-dealkylation sites (tertiary alicyclic amines) is 1. The average molecular weight is 383 g/mol. The number of hydrogen-bond acceptors (Lipinski definition) is 3. The molecule has 1 saturated heterocycles. The van der Waals surface area contributed by atoms with Gasteiger partial charge in [0.15, 0.2) is 0 Å². The Balaban J connectivity index is 1.28. The zero-order chi connectivity index (χ0) is 15.4. The summed E-state index contributed by atoms with van der Waals surface area (Å²) in [5.74, 6) is 1.69. The molecule has 0 aromatic heterocycles. The third-order valence-electron chi connectivity index (χ3n) is 4.38. The maximum Gasteiger partial charge on any atom is 0.220 e. The summed E-state index contributed by atoms with van der Waals surface area (Å²) in [5, 5.41) is 3.11. The first kappa shape index (κ1) is 16.3. The van der Waals surface area contributed by atoms with Crippen LogP contribution in [0.2, 0.25) is 0 Å². The lowest BCUT2D eigenvalue weighted by molar-refractivity contribution is -0.120. The fourth-order valence-corrected chi connectivity index (χ4v) is 4.06. The molecule has 1 aliphatic heterocycles. The van der Waals surface area contributed by atoms with Crippen LogP contribution in [0.25, 0.3) is 0 Å². The van der Waals surface area contributed by atoms with Crippen LogP contribution in [0.3, 0.4) is 0 Å². The molecule has 0 bridgehead atoms. The number of amides is 1. The number of benzene rings is 1. The van der Waals surface area contributed by atoms with E-state index >= 15 is 0 Å². The fraction of sp³-hybridized carbons (Fsp3) is 0.588. The molecule has 1 aromatic carbocycles. The number of nitrogens with one attached hydrogen (secondary N) is 1. The predicted octanol–water partition coefficient (Wildman–Crippen LogP) is 3.53. The monoisotopic (exact) mass is 382 g/mol. The Kier molecular flexibility index (Phi) is 5.83. The highest BCUT2D eigenvalue weighted by Gasteiger charge is 2.34. The molecule has 1 heterocycles. The third kappa shape index (κ3) is 5.00. The molecule has 3 nitrogen and oxygen atoms in total. The average Bonchev–Trinajstić information content (AvgIpc) is 3.26. The van der Waals surface area contributed by atoms with Gasteiger partial charge in [0, 0.05) is 40.7 Å². The Bertz CT molecular complexity index is 504. The summed E-state index contributed by atoms with van der Waals surface area (Å²) < 4.78 is 1.09. The number of carbonyl (C=O) groups is 1. The van der Waals surface area contributed by atoms with Crippen molar-refractivity contribution in [1.82, 2.24) is 10.2 Å². The number of hydrogen-bond donors (Lipinski definition) is 1. The van der Waals surface area contributed by atoms with E-state index in [-0.39, 0.29) is 5.91 Å². The van der Waals surface area contributed by atoms with E-state index in [9.17, 15) is 4.79 Å². The van der Waals surface area contributed by atoms with Crippen molar-refractivity contribution >= 4 is 33.6 Å². The third-order valence-corrected chi connectivity index (χ3v) is 5.92. The lowest BCUT2D eigenvalue weighted by atomic mass is 10.1. The van der Waals surface area contributed by atoms with Gasteiger partial charge in [-0.25, -0.2) is 0 Å². The standard InChI is InChI=1S/C17H23BrN2OS/c18-14-1-5-16(6-2-14)22-10-8-17(21)19-11-13-7-9-20(12-13)15-3-4-15/h1-2,5-6,13,15H,3-4,7-12H2,(H,19,21). The predicted molar refractivity (Wildman–Crippen MR) is 95.2 cm³/mol. The number of carbonyl (C=O) groups excluding carboxylic acids is 1. The van der Waals surface area contributed by atoms with Gasteiger partial charge in [-0.2, -0.15) is 0 Å². The first-order valence-electron chi connectivity index (χ1n) is 8.10. The van der Waals surface area contributed by atoms with Crippen molar-refractivity contribution in [2.24, 2.45) is 5.92 Å². The number of halogens is 1. The summed E-state index contributed by atoms with van der Waals surface area (Å²) in [6.07, 6.45) is 4.60. The highest BCUT2D eigenvalue weighted by Crippen LogP contribution is 2.31. The zero-order valence-corrected chi connectivity index (χ0v) is 15.2. The van der Waals surface area contributed by atoms with Crippen molar-refractivity contribution in [2.45, 2.75) is 36.6 Å². The van der Waals surface area contributed by atoms with Gasteiger partial charge in [0.2, 0.25) is 5.91 Å². The minimum absolute atomic E-state index is 0.189. The summed E-state index contributed by atoms with van der Waals surface area (Å²) in [4.78, 5) is 15.7. The Morgan fingerprint density at radius 2 is 2.05 bits per heavy atom. The molecule has 0 spiro atoms. The SMILES string of the molecule is O=C(CCSc1ccc(Br)cc1)NCC1CCN(C2CC2)C1. The molecule has 3 rings (SSSR count). The van der Waals surface area contributed by atoms with E-state index in [1.165, 1.54) is 37.2 Å². The van der Waals surface area contributed by atoms with E-state index < -0.39 is 0 Å². The van der Waals surface area contributed by atoms with Crippen LogP contribution in [-0.4, -0.2) is 42.2 Å². The molecule has 2 aliphatic rings. The molecular formula is C17H23BrN2OS. The minimum Gasteiger partial charge on any atom is -0.356 e. The lowest BCUT2D eigenvalue weighted by Crippen LogP contribution is -2.31. The summed E-state index contributed by atoms with van der Waals surface area (Å²) >= 11 is 5.17. The second-order valence-electron chi connectivity index (χ2n) is 6.24. The fourth-order valence-electron chi connectivity index (χ4n) is 2.94. The van der Waals surface area contributed by atoms with Crippen LogP contribution in [0.4, 0.5) is 0 Å². The Labute approximate surface area is 145 Å². The van der Waals surface area contributed by atoms with E-state index in [1.807, 2.05) is 12.1 Å². The van der Waals surface area contributed by atoms with E-state index in [4.69, 9.17) is 0 Å². The van der Waals surface area contributed by atoms with Gasteiger partial charge in [-0.15, -0.1) is 11.8 Å². The molecule has 1 aromatic rings. The minimum atomic E-state index is 0.189. The molecule has 120 valence electrons. The van der Waals surface area contributed by atoms with Gasteiger partial charge in [0.1, 0.15) is 0 Å². The maximum absolute atomic E-state index is 11.9. The molecule has 1 unspecified atom stereocenters. The largest absolute Gasteiger partial charge is 0.356 e. The Morgan fingerprint density at radius 1 is 1.27 bits per heavy atom. The lowest BCUT2D eigenvalue weighted by Gasteiger charge is -2.15. The molecule has 1 N–H and O–H groups in total. The smallest absolute Gasteiger partial charge is 0.220 e. The molecule has 1 aliphatic carbocycles. The van der Waals surface area contributed by atoms with E-state index in [2.05, 4.69) is 38.3 Å². The topological polar surface area (TPSA) is 32.3 Å². The van der Waals surface area contributed by atoms with Gasteiger partial charge in [-0.3, -0.25) is 4.79 Å². The maximum atomic E-state index is 11.9. The Morgan fingerprint density at radius 3 is 2.77 bits per heavy atom. The number of thioether (sulfide) groups is 1. The van der Waals surface area contributed by atoms with Crippen molar-refractivity contribution in [3.05, 3.63) is 28.7 Å². The van der Waals surface area contributed by atoms with Crippen LogP contribution < -0.4 is 5.32 Å². The van der Waals surface area contributed by atoms with E-state index in [0.29, 0.717) is 12.3 Å². The van der Waals surface area contributed by atoms with Gasteiger partial charge in [-0.05, 0) is 56.0 Å². The van der Waals surface area contributed by atoms with Crippen LogP contribution in [0.1, 0.15) is 25.7 Å². The van der Waals surface area contributed by atoms with Crippen LogP contribution >= 0.6 is 27.7 Å². The Hall–Kier alpha value is -0.520. The van der Waals surface area contributed by atoms with Gasteiger partial charge in [0.05, 0.1) is 0 Å². The van der Waals surface area contributed by atoms with Crippen molar-refractivity contribution in [2.75, 3.05) is 25.4 Å². The van der Waals surface area contributed by atoms with Gasteiger partial charge in [-0.1, -0.05) is 15.9 Å². The van der Waals surface area contributed by atoms with Gasteiger partial charge < -0.3 is 10.2 Å². The van der Waals surface area contributed by atoms with Gasteiger partial charge in [0.25, 0.3) is 0 Å². The molecule has 0 radical (unpaired) electrons. The van der Waals surface area contributed by atoms with Crippen LogP contribution in [-0.2, 0) is 4.79 Å². The van der Waals surface area contributed by atoms with Crippen molar-refractivity contribution in [3.63, 3.8) is 0 Å². The second-order valence-corrected chi connectivity index (χ2v) is 8.32. The summed E-state index contributed by atoms with van der Waals surface area (Å²) in [6.45, 7) is 3.26. The quantitative estimate of drug-likeness (QED) is 0.732. The normalized spacial score (nSPS) is 22.0. The van der Waals surface area contributed by atoms with E-state index in [1.54, 1.807) is 11.8 Å². The molecular weight excluding hydrogens is 360 g/mol. The van der Waals surface area contributed by atoms with Crippen molar-refractivity contribution < 1.29 is 4.79 Å². The summed E-state index contributed by atoms with van der Waals surface area (Å²) in [7, 11) is 0. The molecule has 2 fully saturated rings. The van der Waals surface area contributed by atoms with Crippen LogP contribution in [0, 0.1) is 5.92 Å². The van der Waals surface area contributed by atoms with Crippen LogP contribution in [0.15, 0.2) is 33.6 Å². The number of nitrogens with zero attached hydrogens (tertiary/aromatic N) is 1. The molecule has 5 heteroatoms. The first-order chi connectivity index (χ1) is 10.7.